The highest BCUT2D eigenvalue weighted by Gasteiger charge is 2.14. The molecule has 0 aromatic heterocycles. The number of likely N-dealkylation sites (tertiary alicyclic amines) is 1. The summed E-state index contributed by atoms with van der Waals surface area (Å²) in [6.07, 6.45) is 3.65. The third kappa shape index (κ3) is 7.75. The standard InChI is InChI=1S/C18H29N3OS/c1-16-8-13-21(14-9-16)12-5-10-19-18(22)20-11-15-23-17-6-3-2-4-7-17/h2-4,6-7,16H,5,8-15H2,1H3,(H2,19,20,22). The second kappa shape index (κ2) is 10.6. The van der Waals surface area contributed by atoms with Crippen LogP contribution in [0, 0.1) is 5.92 Å². The molecule has 1 aromatic carbocycles. The first-order valence-electron chi connectivity index (χ1n) is 8.66. The van der Waals surface area contributed by atoms with Crippen molar-refractivity contribution in [3.63, 3.8) is 0 Å². The molecule has 23 heavy (non-hydrogen) atoms. The number of urea groups is 1. The van der Waals surface area contributed by atoms with E-state index in [-0.39, 0.29) is 6.03 Å². The van der Waals surface area contributed by atoms with E-state index in [2.05, 4.69) is 34.6 Å². The fourth-order valence-electron chi connectivity index (χ4n) is 2.70. The Morgan fingerprint density at radius 3 is 2.61 bits per heavy atom. The fourth-order valence-corrected chi connectivity index (χ4v) is 3.49. The number of nitrogens with one attached hydrogen (secondary N) is 2. The molecule has 0 bridgehead atoms. The number of nitrogens with zero attached hydrogens (tertiary/aromatic N) is 1. The molecule has 2 N–H and O–H groups in total. The van der Waals surface area contributed by atoms with E-state index in [9.17, 15) is 4.79 Å². The van der Waals surface area contributed by atoms with Gasteiger partial charge in [-0.05, 0) is 56.9 Å². The SMILES string of the molecule is CC1CCN(CCCNC(=O)NCCSc2ccccc2)CC1. The molecule has 0 saturated carbocycles. The van der Waals surface area contributed by atoms with Crippen molar-refractivity contribution in [2.45, 2.75) is 31.1 Å². The number of hydrogen-bond acceptors (Lipinski definition) is 3. The summed E-state index contributed by atoms with van der Waals surface area (Å²) in [7, 11) is 0. The lowest BCUT2D eigenvalue weighted by atomic mass is 9.99. The van der Waals surface area contributed by atoms with Crippen LogP contribution in [0.4, 0.5) is 4.79 Å². The number of benzene rings is 1. The predicted octanol–water partition coefficient (Wildman–Crippen LogP) is 3.20. The normalized spacial score (nSPS) is 16.2. The molecule has 5 heteroatoms. The highest BCUT2D eigenvalue weighted by Crippen LogP contribution is 2.16. The van der Waals surface area contributed by atoms with Gasteiger partial charge in [0.2, 0.25) is 0 Å². The second-order valence-electron chi connectivity index (χ2n) is 6.22. The van der Waals surface area contributed by atoms with Gasteiger partial charge in [0, 0.05) is 23.7 Å². The molecule has 0 spiro atoms. The molecule has 1 aliphatic heterocycles. The second-order valence-corrected chi connectivity index (χ2v) is 7.39. The van der Waals surface area contributed by atoms with Gasteiger partial charge in [0.15, 0.2) is 0 Å². The number of rotatable bonds is 8. The largest absolute Gasteiger partial charge is 0.338 e. The number of piperidine rings is 1. The molecule has 1 heterocycles. The van der Waals surface area contributed by atoms with Crippen LogP contribution in [0.5, 0.6) is 0 Å². The quantitative estimate of drug-likeness (QED) is 0.566. The van der Waals surface area contributed by atoms with Crippen molar-refractivity contribution in [3.05, 3.63) is 30.3 Å². The molecular formula is C18H29N3OS. The van der Waals surface area contributed by atoms with Crippen molar-refractivity contribution in [1.82, 2.24) is 15.5 Å². The first kappa shape index (κ1) is 18.1. The van der Waals surface area contributed by atoms with Crippen LogP contribution >= 0.6 is 11.8 Å². The van der Waals surface area contributed by atoms with Gasteiger partial charge >= 0.3 is 6.03 Å². The molecule has 0 unspecified atom stereocenters. The zero-order valence-electron chi connectivity index (χ0n) is 14.1. The first-order chi connectivity index (χ1) is 11.2. The van der Waals surface area contributed by atoms with Gasteiger partial charge < -0.3 is 15.5 Å². The third-order valence-corrected chi connectivity index (χ3v) is 5.23. The van der Waals surface area contributed by atoms with E-state index in [0.717, 1.165) is 31.2 Å². The maximum atomic E-state index is 11.7. The zero-order valence-corrected chi connectivity index (χ0v) is 14.9. The van der Waals surface area contributed by atoms with Crippen molar-refractivity contribution >= 4 is 17.8 Å². The molecule has 2 rings (SSSR count). The summed E-state index contributed by atoms with van der Waals surface area (Å²) in [5, 5.41) is 5.86. The van der Waals surface area contributed by atoms with Gasteiger partial charge in [0.25, 0.3) is 0 Å². The van der Waals surface area contributed by atoms with Crippen molar-refractivity contribution < 1.29 is 4.79 Å². The minimum atomic E-state index is -0.0501. The lowest BCUT2D eigenvalue weighted by Gasteiger charge is -2.30. The Morgan fingerprint density at radius 1 is 1.17 bits per heavy atom. The van der Waals surface area contributed by atoms with Crippen molar-refractivity contribution in [2.75, 3.05) is 38.5 Å². The van der Waals surface area contributed by atoms with Gasteiger partial charge in [0.1, 0.15) is 0 Å². The van der Waals surface area contributed by atoms with E-state index in [4.69, 9.17) is 0 Å². The molecule has 1 fully saturated rings. The highest BCUT2D eigenvalue weighted by atomic mass is 32.2. The molecule has 1 aromatic rings. The maximum absolute atomic E-state index is 11.7. The zero-order chi connectivity index (χ0) is 16.3. The summed E-state index contributed by atoms with van der Waals surface area (Å²) in [6, 6.07) is 10.2. The molecule has 2 amide bonds. The van der Waals surface area contributed by atoms with E-state index in [1.165, 1.54) is 30.8 Å². The average Bonchev–Trinajstić information content (AvgIpc) is 2.58. The van der Waals surface area contributed by atoms with E-state index in [1.807, 2.05) is 18.2 Å². The van der Waals surface area contributed by atoms with Crippen LogP contribution in [0.3, 0.4) is 0 Å². The van der Waals surface area contributed by atoms with Gasteiger partial charge in [-0.2, -0.15) is 0 Å². The highest BCUT2D eigenvalue weighted by molar-refractivity contribution is 7.99. The van der Waals surface area contributed by atoms with Gasteiger partial charge in [-0.1, -0.05) is 25.1 Å². The molecule has 0 atom stereocenters. The first-order valence-corrected chi connectivity index (χ1v) is 9.64. The number of carbonyl (C=O) groups excluding carboxylic acids is 1. The Hall–Kier alpha value is -1.20. The van der Waals surface area contributed by atoms with Crippen LogP contribution in [-0.4, -0.2) is 49.4 Å². The minimum absolute atomic E-state index is 0.0501. The molecule has 0 aliphatic carbocycles. The summed E-state index contributed by atoms with van der Waals surface area (Å²) in [6.45, 7) is 7.30. The molecule has 0 radical (unpaired) electrons. The summed E-state index contributed by atoms with van der Waals surface area (Å²) in [5.41, 5.74) is 0. The number of hydrogen-bond donors (Lipinski definition) is 2. The van der Waals surface area contributed by atoms with Crippen LogP contribution in [-0.2, 0) is 0 Å². The van der Waals surface area contributed by atoms with E-state index >= 15 is 0 Å². The Morgan fingerprint density at radius 2 is 1.87 bits per heavy atom. The number of carbonyl (C=O) groups is 1. The average molecular weight is 336 g/mol. The molecule has 128 valence electrons. The molecule has 1 aliphatic rings. The summed E-state index contributed by atoms with van der Waals surface area (Å²) < 4.78 is 0. The van der Waals surface area contributed by atoms with Crippen LogP contribution < -0.4 is 10.6 Å². The number of amides is 2. The summed E-state index contributed by atoms with van der Waals surface area (Å²) in [5.74, 6) is 1.77. The lowest BCUT2D eigenvalue weighted by molar-refractivity contribution is 0.190. The fraction of sp³-hybridized carbons (Fsp3) is 0.611. The maximum Gasteiger partial charge on any atom is 0.314 e. The van der Waals surface area contributed by atoms with Crippen LogP contribution in [0.15, 0.2) is 35.2 Å². The number of thioether (sulfide) groups is 1. The summed E-state index contributed by atoms with van der Waals surface area (Å²) >= 11 is 1.76. The van der Waals surface area contributed by atoms with Crippen LogP contribution in [0.2, 0.25) is 0 Å². The Bertz CT molecular complexity index is 447. The van der Waals surface area contributed by atoms with Crippen molar-refractivity contribution in [1.29, 1.82) is 0 Å². The summed E-state index contributed by atoms with van der Waals surface area (Å²) in [4.78, 5) is 15.5. The van der Waals surface area contributed by atoms with Crippen LogP contribution in [0.1, 0.15) is 26.2 Å². The predicted molar refractivity (Wildman–Crippen MR) is 98.0 cm³/mol. The Kier molecular flexibility index (Phi) is 8.32. The molecule has 1 saturated heterocycles. The van der Waals surface area contributed by atoms with E-state index < -0.39 is 0 Å². The van der Waals surface area contributed by atoms with Gasteiger partial charge in [-0.3, -0.25) is 0 Å². The minimum Gasteiger partial charge on any atom is -0.338 e. The Labute approximate surface area is 144 Å². The van der Waals surface area contributed by atoms with Crippen molar-refractivity contribution in [2.24, 2.45) is 5.92 Å². The molecule has 4 nitrogen and oxygen atoms in total. The van der Waals surface area contributed by atoms with Crippen LogP contribution in [0.25, 0.3) is 0 Å². The lowest BCUT2D eigenvalue weighted by Crippen LogP contribution is -2.39. The monoisotopic (exact) mass is 335 g/mol. The smallest absolute Gasteiger partial charge is 0.314 e. The van der Waals surface area contributed by atoms with E-state index in [1.54, 1.807) is 11.8 Å². The van der Waals surface area contributed by atoms with Crippen molar-refractivity contribution in [3.8, 4) is 0 Å². The van der Waals surface area contributed by atoms with Gasteiger partial charge in [-0.15, -0.1) is 11.8 Å². The Balaban J connectivity index is 1.44. The van der Waals surface area contributed by atoms with Gasteiger partial charge in [0.05, 0.1) is 0 Å². The topological polar surface area (TPSA) is 44.4 Å². The van der Waals surface area contributed by atoms with Gasteiger partial charge in [-0.25, -0.2) is 4.79 Å². The third-order valence-electron chi connectivity index (χ3n) is 4.21. The van der Waals surface area contributed by atoms with E-state index in [0.29, 0.717) is 6.54 Å². The molecular weight excluding hydrogens is 306 g/mol.